The van der Waals surface area contributed by atoms with Gasteiger partial charge >= 0.3 is 6.18 Å². The van der Waals surface area contributed by atoms with Crippen molar-refractivity contribution in [3.63, 3.8) is 0 Å². The molecule has 1 fully saturated rings. The molecule has 1 aromatic rings. The Labute approximate surface area is 129 Å². The third-order valence-electron chi connectivity index (χ3n) is 3.69. The molecule has 0 atom stereocenters. The molecule has 1 saturated carbocycles. The highest BCUT2D eigenvalue weighted by Crippen LogP contribution is 2.39. The predicted molar refractivity (Wildman–Crippen MR) is 79.3 cm³/mol. The second-order valence-corrected chi connectivity index (χ2v) is 6.22. The molecule has 0 spiro atoms. The smallest absolute Gasteiger partial charge is 0.325 e. The summed E-state index contributed by atoms with van der Waals surface area (Å²) in [5, 5.41) is 2.81. The molecule has 2 rings (SSSR count). The van der Waals surface area contributed by atoms with Crippen molar-refractivity contribution in [2.75, 3.05) is 5.32 Å². The van der Waals surface area contributed by atoms with E-state index in [0.29, 0.717) is 12.8 Å². The molecule has 0 aliphatic heterocycles. The number of hydrogen-bond acceptors (Lipinski definition) is 1. The molecule has 1 aliphatic carbocycles. The van der Waals surface area contributed by atoms with Gasteiger partial charge in [-0.1, -0.05) is 12.1 Å². The number of carbonyl (C=O) groups is 1. The summed E-state index contributed by atoms with van der Waals surface area (Å²) in [7, 11) is 0. The fourth-order valence-electron chi connectivity index (χ4n) is 2.48. The van der Waals surface area contributed by atoms with Gasteiger partial charge in [-0.05, 0) is 60.4 Å². The molecule has 20 heavy (non-hydrogen) atoms. The Kier molecular flexibility index (Phi) is 4.93. The van der Waals surface area contributed by atoms with Crippen LogP contribution in [0.5, 0.6) is 0 Å². The fourth-order valence-corrected chi connectivity index (χ4v) is 3.00. The number of nitrogens with one attached hydrogen (secondary N) is 1. The van der Waals surface area contributed by atoms with Gasteiger partial charge in [0.05, 0.1) is 11.6 Å². The molecular formula is C14H15F3INO. The van der Waals surface area contributed by atoms with E-state index in [1.807, 2.05) is 18.2 Å². The van der Waals surface area contributed by atoms with E-state index in [4.69, 9.17) is 0 Å². The van der Waals surface area contributed by atoms with Gasteiger partial charge in [0.25, 0.3) is 0 Å². The molecule has 1 amide bonds. The fraction of sp³-hybridized carbons (Fsp3) is 0.500. The summed E-state index contributed by atoms with van der Waals surface area (Å²) >= 11 is 2.11. The first-order valence-electron chi connectivity index (χ1n) is 6.50. The maximum Gasteiger partial charge on any atom is 0.391 e. The second kappa shape index (κ2) is 6.32. The molecule has 0 bridgehead atoms. The molecule has 1 aromatic carbocycles. The van der Waals surface area contributed by atoms with E-state index in [2.05, 4.69) is 27.9 Å². The van der Waals surface area contributed by atoms with Gasteiger partial charge < -0.3 is 5.32 Å². The number of benzene rings is 1. The standard InChI is InChI=1S/C14H15F3INO/c15-14(16,17)10-7-5-9(6-8-10)13(20)19-12-4-2-1-3-11(12)18/h1-4,9-10H,5-8H2,(H,19,20). The van der Waals surface area contributed by atoms with Crippen LogP contribution in [0.3, 0.4) is 0 Å². The van der Waals surface area contributed by atoms with Gasteiger partial charge in [0.15, 0.2) is 0 Å². The van der Waals surface area contributed by atoms with E-state index in [-0.39, 0.29) is 24.7 Å². The molecule has 2 nitrogen and oxygen atoms in total. The Balaban J connectivity index is 1.91. The number of alkyl halides is 3. The summed E-state index contributed by atoms with van der Waals surface area (Å²) in [5.74, 6) is -1.73. The molecule has 1 N–H and O–H groups in total. The topological polar surface area (TPSA) is 29.1 Å². The van der Waals surface area contributed by atoms with E-state index in [0.717, 1.165) is 9.26 Å². The summed E-state index contributed by atoms with van der Waals surface area (Å²) in [6.45, 7) is 0. The zero-order valence-electron chi connectivity index (χ0n) is 10.7. The Hall–Kier alpha value is -0.790. The van der Waals surface area contributed by atoms with Gasteiger partial charge in [0.2, 0.25) is 5.91 Å². The number of para-hydroxylation sites is 1. The first kappa shape index (κ1) is 15.6. The minimum atomic E-state index is -4.13. The van der Waals surface area contributed by atoms with Crippen LogP contribution in [0, 0.1) is 15.4 Å². The van der Waals surface area contributed by atoms with Crippen molar-refractivity contribution >= 4 is 34.2 Å². The van der Waals surface area contributed by atoms with Crippen LogP contribution in [0.4, 0.5) is 18.9 Å². The molecule has 0 aromatic heterocycles. The molecular weight excluding hydrogens is 382 g/mol. The molecule has 0 radical (unpaired) electrons. The monoisotopic (exact) mass is 397 g/mol. The maximum atomic E-state index is 12.6. The lowest BCUT2D eigenvalue weighted by Crippen LogP contribution is -2.32. The average Bonchev–Trinajstić information content (AvgIpc) is 2.40. The van der Waals surface area contributed by atoms with Crippen LogP contribution < -0.4 is 5.32 Å². The van der Waals surface area contributed by atoms with Crippen molar-refractivity contribution in [2.24, 2.45) is 11.8 Å². The molecule has 0 saturated heterocycles. The second-order valence-electron chi connectivity index (χ2n) is 5.06. The van der Waals surface area contributed by atoms with Crippen LogP contribution in [0.25, 0.3) is 0 Å². The van der Waals surface area contributed by atoms with E-state index in [1.165, 1.54) is 0 Å². The van der Waals surface area contributed by atoms with Crippen molar-refractivity contribution in [1.82, 2.24) is 0 Å². The van der Waals surface area contributed by atoms with Crippen LogP contribution in [-0.4, -0.2) is 12.1 Å². The minimum absolute atomic E-state index is 0.0491. The van der Waals surface area contributed by atoms with Gasteiger partial charge in [-0.3, -0.25) is 4.79 Å². The van der Waals surface area contributed by atoms with Crippen molar-refractivity contribution in [3.05, 3.63) is 27.8 Å². The van der Waals surface area contributed by atoms with E-state index in [1.54, 1.807) is 6.07 Å². The summed E-state index contributed by atoms with van der Waals surface area (Å²) in [6.07, 6.45) is -3.42. The number of halogens is 4. The van der Waals surface area contributed by atoms with E-state index in [9.17, 15) is 18.0 Å². The van der Waals surface area contributed by atoms with Crippen molar-refractivity contribution in [2.45, 2.75) is 31.9 Å². The van der Waals surface area contributed by atoms with Crippen LogP contribution >= 0.6 is 22.6 Å². The van der Waals surface area contributed by atoms with Crippen LogP contribution in [0.15, 0.2) is 24.3 Å². The number of anilines is 1. The zero-order valence-corrected chi connectivity index (χ0v) is 12.9. The summed E-state index contributed by atoms with van der Waals surface area (Å²) in [5.41, 5.74) is 0.719. The molecule has 6 heteroatoms. The lowest BCUT2D eigenvalue weighted by atomic mass is 9.81. The maximum absolute atomic E-state index is 12.6. The number of amides is 1. The van der Waals surface area contributed by atoms with Gasteiger partial charge in [-0.25, -0.2) is 0 Å². The highest BCUT2D eigenvalue weighted by molar-refractivity contribution is 14.1. The molecule has 0 heterocycles. The van der Waals surface area contributed by atoms with Crippen LogP contribution in [0.2, 0.25) is 0 Å². The summed E-state index contributed by atoms with van der Waals surface area (Å²) < 4.78 is 38.6. The average molecular weight is 397 g/mol. The predicted octanol–water partition coefficient (Wildman–Crippen LogP) is 4.60. The van der Waals surface area contributed by atoms with Crippen molar-refractivity contribution < 1.29 is 18.0 Å². The van der Waals surface area contributed by atoms with Crippen molar-refractivity contribution in [3.8, 4) is 0 Å². The van der Waals surface area contributed by atoms with Crippen LogP contribution in [0.1, 0.15) is 25.7 Å². The quantitative estimate of drug-likeness (QED) is 0.727. The highest BCUT2D eigenvalue weighted by Gasteiger charge is 2.42. The lowest BCUT2D eigenvalue weighted by Gasteiger charge is -2.29. The molecule has 1 aliphatic rings. The Bertz CT molecular complexity index is 482. The molecule has 110 valence electrons. The first-order valence-corrected chi connectivity index (χ1v) is 7.58. The number of carbonyl (C=O) groups excluding carboxylic acids is 1. The van der Waals surface area contributed by atoms with E-state index < -0.39 is 12.1 Å². The lowest BCUT2D eigenvalue weighted by molar-refractivity contribution is -0.184. The largest absolute Gasteiger partial charge is 0.391 e. The minimum Gasteiger partial charge on any atom is -0.325 e. The number of hydrogen-bond donors (Lipinski definition) is 1. The third-order valence-corrected chi connectivity index (χ3v) is 4.63. The Morgan fingerprint density at radius 3 is 2.30 bits per heavy atom. The number of rotatable bonds is 2. The van der Waals surface area contributed by atoms with Gasteiger partial charge in [0.1, 0.15) is 0 Å². The Morgan fingerprint density at radius 2 is 1.75 bits per heavy atom. The summed E-state index contributed by atoms with van der Waals surface area (Å²) in [6, 6.07) is 7.35. The third kappa shape index (κ3) is 3.86. The van der Waals surface area contributed by atoms with Gasteiger partial charge in [-0.2, -0.15) is 13.2 Å². The summed E-state index contributed by atoms with van der Waals surface area (Å²) in [4.78, 5) is 12.1. The SMILES string of the molecule is O=C(Nc1ccccc1I)C1CCC(C(F)(F)F)CC1. The van der Waals surface area contributed by atoms with Crippen molar-refractivity contribution in [1.29, 1.82) is 0 Å². The first-order chi connectivity index (χ1) is 9.38. The van der Waals surface area contributed by atoms with Gasteiger partial charge in [-0.15, -0.1) is 0 Å². The van der Waals surface area contributed by atoms with Gasteiger partial charge in [0, 0.05) is 9.49 Å². The normalized spacial score (nSPS) is 23.4. The Morgan fingerprint density at radius 1 is 1.15 bits per heavy atom. The van der Waals surface area contributed by atoms with E-state index >= 15 is 0 Å². The zero-order chi connectivity index (χ0) is 14.8. The molecule has 0 unspecified atom stereocenters. The van der Waals surface area contributed by atoms with Crippen LogP contribution in [-0.2, 0) is 4.79 Å². The highest BCUT2D eigenvalue weighted by atomic mass is 127.